The molecule has 3 aromatic carbocycles. The third-order valence-corrected chi connectivity index (χ3v) is 5.88. The van der Waals surface area contributed by atoms with Gasteiger partial charge in [-0.3, -0.25) is 29.8 Å². The average molecular weight is 535 g/mol. The van der Waals surface area contributed by atoms with E-state index in [0.29, 0.717) is 6.42 Å². The summed E-state index contributed by atoms with van der Waals surface area (Å²) >= 11 is 0. The molecule has 3 aromatic rings. The van der Waals surface area contributed by atoms with Crippen molar-refractivity contribution in [3.63, 3.8) is 0 Å². The number of hydrogen-bond donors (Lipinski definition) is 2. The van der Waals surface area contributed by atoms with Crippen molar-refractivity contribution in [3.05, 3.63) is 104 Å². The SMILES string of the molecule is CCCCCCN(C(=O)c1ccc([N+](=O)[O-])cc1)c1cc(NC(=O)c2ccc([N+](=O)[O-])cc2)cc(C(=O)O)c1. The molecule has 0 bridgehead atoms. The standard InChI is InChI=1S/C27H26N4O8/c1-2-3-4-5-14-29(26(33)19-8-12-23(13-9-19)31(38)39)24-16-20(27(34)35)15-21(17-24)28-25(32)18-6-10-22(11-7-18)30(36)37/h6-13,15-17H,2-5,14H2,1H3,(H,28,32)(H,34,35). The summed E-state index contributed by atoms with van der Waals surface area (Å²) < 4.78 is 0. The Morgan fingerprint density at radius 1 is 0.795 bits per heavy atom. The van der Waals surface area contributed by atoms with Crippen LogP contribution in [0.5, 0.6) is 0 Å². The van der Waals surface area contributed by atoms with E-state index in [9.17, 15) is 39.7 Å². The molecule has 0 spiro atoms. The van der Waals surface area contributed by atoms with E-state index in [1.807, 2.05) is 6.92 Å². The van der Waals surface area contributed by atoms with Gasteiger partial charge in [0.2, 0.25) is 0 Å². The number of unbranched alkanes of at least 4 members (excludes halogenated alkanes) is 3. The number of benzene rings is 3. The number of nitro groups is 2. The maximum absolute atomic E-state index is 13.5. The van der Waals surface area contributed by atoms with Gasteiger partial charge in [0.15, 0.2) is 0 Å². The highest BCUT2D eigenvalue weighted by atomic mass is 16.6. The molecule has 0 aliphatic heterocycles. The lowest BCUT2D eigenvalue weighted by Crippen LogP contribution is -2.32. The van der Waals surface area contributed by atoms with Gasteiger partial charge >= 0.3 is 5.97 Å². The molecule has 39 heavy (non-hydrogen) atoms. The van der Waals surface area contributed by atoms with Gasteiger partial charge in [-0.15, -0.1) is 0 Å². The average Bonchev–Trinajstić information content (AvgIpc) is 2.92. The van der Waals surface area contributed by atoms with Crippen molar-refractivity contribution in [1.29, 1.82) is 0 Å². The van der Waals surface area contributed by atoms with Crippen molar-refractivity contribution in [2.24, 2.45) is 0 Å². The monoisotopic (exact) mass is 534 g/mol. The summed E-state index contributed by atoms with van der Waals surface area (Å²) in [6, 6.07) is 14.0. The summed E-state index contributed by atoms with van der Waals surface area (Å²) in [7, 11) is 0. The van der Waals surface area contributed by atoms with E-state index < -0.39 is 27.6 Å². The Labute approximate surface area is 223 Å². The number of carbonyl (C=O) groups excluding carboxylic acids is 2. The number of nitrogens with one attached hydrogen (secondary N) is 1. The van der Waals surface area contributed by atoms with E-state index in [-0.39, 0.29) is 46.0 Å². The zero-order valence-electron chi connectivity index (χ0n) is 21.0. The fourth-order valence-corrected chi connectivity index (χ4v) is 3.83. The van der Waals surface area contributed by atoms with Crippen LogP contribution in [0.1, 0.15) is 63.7 Å². The second-order valence-corrected chi connectivity index (χ2v) is 8.65. The minimum absolute atomic E-state index is 0.100. The number of anilines is 2. The number of nitrogens with zero attached hydrogens (tertiary/aromatic N) is 3. The molecule has 202 valence electrons. The van der Waals surface area contributed by atoms with E-state index in [1.165, 1.54) is 71.6 Å². The van der Waals surface area contributed by atoms with E-state index in [4.69, 9.17) is 0 Å². The molecule has 0 aromatic heterocycles. The number of rotatable bonds is 12. The smallest absolute Gasteiger partial charge is 0.335 e. The first-order valence-electron chi connectivity index (χ1n) is 12.1. The van der Waals surface area contributed by atoms with Gasteiger partial charge in [-0.25, -0.2) is 4.79 Å². The molecule has 0 saturated carbocycles. The van der Waals surface area contributed by atoms with Crippen LogP contribution in [0.3, 0.4) is 0 Å². The van der Waals surface area contributed by atoms with Gasteiger partial charge in [0.1, 0.15) is 0 Å². The molecule has 12 heteroatoms. The van der Waals surface area contributed by atoms with E-state index in [2.05, 4.69) is 5.32 Å². The maximum atomic E-state index is 13.5. The maximum Gasteiger partial charge on any atom is 0.335 e. The van der Waals surface area contributed by atoms with Crippen LogP contribution in [-0.2, 0) is 0 Å². The zero-order chi connectivity index (χ0) is 28.5. The molecule has 0 saturated heterocycles. The largest absolute Gasteiger partial charge is 0.478 e. The summed E-state index contributed by atoms with van der Waals surface area (Å²) in [4.78, 5) is 60.2. The lowest BCUT2D eigenvalue weighted by Gasteiger charge is -2.24. The number of aromatic carboxylic acids is 1. The van der Waals surface area contributed by atoms with Crippen LogP contribution in [0, 0.1) is 20.2 Å². The van der Waals surface area contributed by atoms with Crippen LogP contribution in [0.15, 0.2) is 66.7 Å². The molecule has 2 amide bonds. The van der Waals surface area contributed by atoms with Gasteiger partial charge in [-0.05, 0) is 48.9 Å². The van der Waals surface area contributed by atoms with Gasteiger partial charge in [-0.2, -0.15) is 0 Å². The van der Waals surface area contributed by atoms with Crippen LogP contribution >= 0.6 is 0 Å². The van der Waals surface area contributed by atoms with Crippen molar-refractivity contribution < 1.29 is 29.3 Å². The highest BCUT2D eigenvalue weighted by Gasteiger charge is 2.21. The van der Waals surface area contributed by atoms with Crippen LogP contribution in [-0.4, -0.2) is 39.3 Å². The van der Waals surface area contributed by atoms with Crippen LogP contribution in [0.4, 0.5) is 22.7 Å². The fourth-order valence-electron chi connectivity index (χ4n) is 3.83. The first kappa shape index (κ1) is 28.4. The quantitative estimate of drug-likeness (QED) is 0.169. The number of amides is 2. The number of carboxylic acids is 1. The molecule has 0 aliphatic carbocycles. The number of hydrogen-bond acceptors (Lipinski definition) is 7. The molecular formula is C27H26N4O8. The molecule has 3 rings (SSSR count). The normalized spacial score (nSPS) is 10.5. The molecule has 0 atom stereocenters. The Bertz CT molecular complexity index is 1390. The van der Waals surface area contributed by atoms with Gasteiger partial charge in [-0.1, -0.05) is 26.2 Å². The Morgan fingerprint density at radius 2 is 1.36 bits per heavy atom. The topological polar surface area (TPSA) is 173 Å². The Morgan fingerprint density at radius 3 is 1.87 bits per heavy atom. The summed E-state index contributed by atoms with van der Waals surface area (Å²) in [5.74, 6) is -2.40. The van der Waals surface area contributed by atoms with Crippen LogP contribution in [0.2, 0.25) is 0 Å². The third kappa shape index (κ3) is 7.44. The van der Waals surface area contributed by atoms with Gasteiger partial charge < -0.3 is 15.3 Å². The predicted octanol–water partition coefficient (Wildman–Crippen LogP) is 5.68. The second-order valence-electron chi connectivity index (χ2n) is 8.65. The molecular weight excluding hydrogens is 508 g/mol. The summed E-state index contributed by atoms with van der Waals surface area (Å²) in [6.45, 7) is 2.28. The van der Waals surface area contributed by atoms with Crippen molar-refractivity contribution in [2.45, 2.75) is 32.6 Å². The summed E-state index contributed by atoms with van der Waals surface area (Å²) in [6.07, 6.45) is 3.34. The molecule has 0 fully saturated rings. The van der Waals surface area contributed by atoms with Gasteiger partial charge in [0, 0.05) is 53.3 Å². The van der Waals surface area contributed by atoms with Crippen molar-refractivity contribution in [3.8, 4) is 0 Å². The number of nitro benzene ring substituents is 2. The minimum atomic E-state index is -1.28. The molecule has 0 aliphatic rings. The highest BCUT2D eigenvalue weighted by Crippen LogP contribution is 2.26. The first-order valence-corrected chi connectivity index (χ1v) is 12.1. The zero-order valence-corrected chi connectivity index (χ0v) is 21.0. The Balaban J connectivity index is 1.96. The Kier molecular flexibility index (Phi) is 9.41. The van der Waals surface area contributed by atoms with Crippen LogP contribution < -0.4 is 10.2 Å². The van der Waals surface area contributed by atoms with Gasteiger partial charge in [0.05, 0.1) is 15.4 Å². The summed E-state index contributed by atoms with van der Waals surface area (Å²) in [5.41, 5.74) is 0.0588. The van der Waals surface area contributed by atoms with Crippen molar-refractivity contribution >= 4 is 40.5 Å². The number of carbonyl (C=O) groups is 3. The van der Waals surface area contributed by atoms with E-state index >= 15 is 0 Å². The molecule has 0 heterocycles. The first-order chi connectivity index (χ1) is 18.6. The second kappa shape index (κ2) is 12.9. The van der Waals surface area contributed by atoms with Crippen molar-refractivity contribution in [2.75, 3.05) is 16.8 Å². The molecule has 0 radical (unpaired) electrons. The molecule has 0 unspecified atom stereocenters. The lowest BCUT2D eigenvalue weighted by molar-refractivity contribution is -0.385. The predicted molar refractivity (Wildman–Crippen MR) is 143 cm³/mol. The molecule has 2 N–H and O–H groups in total. The lowest BCUT2D eigenvalue weighted by atomic mass is 10.1. The van der Waals surface area contributed by atoms with E-state index in [0.717, 1.165) is 19.3 Å². The third-order valence-electron chi connectivity index (χ3n) is 5.88. The van der Waals surface area contributed by atoms with Crippen LogP contribution in [0.25, 0.3) is 0 Å². The summed E-state index contributed by atoms with van der Waals surface area (Å²) in [5, 5.41) is 34.2. The van der Waals surface area contributed by atoms with Gasteiger partial charge in [0.25, 0.3) is 23.2 Å². The van der Waals surface area contributed by atoms with E-state index in [1.54, 1.807) is 0 Å². The minimum Gasteiger partial charge on any atom is -0.478 e. The number of non-ortho nitro benzene ring substituents is 2. The number of carboxylic acid groups (broad SMARTS) is 1. The molecule has 12 nitrogen and oxygen atoms in total. The highest BCUT2D eigenvalue weighted by molar-refractivity contribution is 6.08. The fraction of sp³-hybridized carbons (Fsp3) is 0.222. The van der Waals surface area contributed by atoms with Crippen molar-refractivity contribution in [1.82, 2.24) is 0 Å². The Hall–Kier alpha value is -5.13.